The average Bonchev–Trinajstić information content (AvgIpc) is 2.81. The maximum Gasteiger partial charge on any atom is 0.303 e. The molecule has 0 saturated heterocycles. The maximum absolute atomic E-state index is 10.7. The quantitative estimate of drug-likeness (QED) is 0.402. The van der Waals surface area contributed by atoms with Gasteiger partial charge in [-0.15, -0.1) is 0 Å². The van der Waals surface area contributed by atoms with E-state index in [1.54, 1.807) is 0 Å². The highest BCUT2D eigenvalue weighted by Gasteiger charge is 2.27. The lowest BCUT2D eigenvalue weighted by Gasteiger charge is -2.34. The van der Waals surface area contributed by atoms with E-state index in [0.717, 1.165) is 79.2 Å². The number of nitrogens with zero attached hydrogens (tertiary/aromatic N) is 3. The minimum Gasteiger partial charge on any atom is -0.481 e. The molecule has 2 aromatic carbocycles. The number of aromatic nitrogens is 2. The molecule has 1 aliphatic rings. The van der Waals surface area contributed by atoms with Crippen LogP contribution < -0.4 is 4.90 Å². The predicted octanol–water partition coefficient (Wildman–Crippen LogP) is 6.15. The molecule has 5 heteroatoms. The number of rotatable bonds is 9. The summed E-state index contributed by atoms with van der Waals surface area (Å²) in [6.45, 7) is 6.28. The van der Waals surface area contributed by atoms with Crippen molar-refractivity contribution in [2.24, 2.45) is 5.92 Å². The van der Waals surface area contributed by atoms with E-state index in [-0.39, 0.29) is 6.42 Å². The molecule has 0 aliphatic carbocycles. The van der Waals surface area contributed by atoms with Gasteiger partial charge in [-0.05, 0) is 32.1 Å². The van der Waals surface area contributed by atoms with E-state index in [2.05, 4.69) is 67.3 Å². The average molecular weight is 444 g/mol. The Morgan fingerprint density at radius 3 is 2.33 bits per heavy atom. The molecule has 0 saturated carbocycles. The van der Waals surface area contributed by atoms with Gasteiger partial charge in [-0.25, -0.2) is 9.97 Å². The minimum atomic E-state index is -0.707. The SMILES string of the molecule is Cc1ccc(-c2nc3c(nc2-c2ccccc2)CC(C)CN3CCCCCCC(=O)O)cc1. The summed E-state index contributed by atoms with van der Waals surface area (Å²) in [5.74, 6) is 0.823. The number of benzene rings is 2. The molecule has 0 fully saturated rings. The highest BCUT2D eigenvalue weighted by Crippen LogP contribution is 2.35. The first-order chi connectivity index (χ1) is 16.0. The van der Waals surface area contributed by atoms with Crippen LogP contribution in [0.25, 0.3) is 22.5 Å². The molecule has 0 spiro atoms. The monoisotopic (exact) mass is 443 g/mol. The third kappa shape index (κ3) is 5.78. The third-order valence-corrected chi connectivity index (χ3v) is 6.26. The Hall–Kier alpha value is -3.21. The van der Waals surface area contributed by atoms with Crippen LogP contribution in [0.2, 0.25) is 0 Å². The molecule has 2 heterocycles. The van der Waals surface area contributed by atoms with Crippen LogP contribution in [0, 0.1) is 12.8 Å². The van der Waals surface area contributed by atoms with Crippen molar-refractivity contribution in [2.75, 3.05) is 18.0 Å². The molecule has 1 atom stereocenters. The number of hydrogen-bond donors (Lipinski definition) is 1. The molecule has 33 heavy (non-hydrogen) atoms. The number of anilines is 1. The van der Waals surface area contributed by atoms with Crippen LogP contribution in [0.5, 0.6) is 0 Å². The van der Waals surface area contributed by atoms with Gasteiger partial charge < -0.3 is 10.0 Å². The maximum atomic E-state index is 10.7. The van der Waals surface area contributed by atoms with Gasteiger partial charge in [0.2, 0.25) is 0 Å². The Morgan fingerprint density at radius 1 is 0.939 bits per heavy atom. The van der Waals surface area contributed by atoms with Crippen LogP contribution >= 0.6 is 0 Å². The van der Waals surface area contributed by atoms with Crippen molar-refractivity contribution in [3.8, 4) is 22.5 Å². The fourth-order valence-corrected chi connectivity index (χ4v) is 4.55. The Bertz CT molecular complexity index is 1080. The normalized spacial score (nSPS) is 15.3. The molecule has 1 aliphatic heterocycles. The highest BCUT2D eigenvalue weighted by atomic mass is 16.4. The van der Waals surface area contributed by atoms with Crippen LogP contribution in [-0.2, 0) is 11.2 Å². The molecule has 1 unspecified atom stereocenters. The first-order valence-electron chi connectivity index (χ1n) is 12.0. The van der Waals surface area contributed by atoms with Crippen LogP contribution in [0.15, 0.2) is 54.6 Å². The van der Waals surface area contributed by atoms with Crippen molar-refractivity contribution in [2.45, 2.75) is 52.4 Å². The van der Waals surface area contributed by atoms with Gasteiger partial charge in [-0.1, -0.05) is 79.9 Å². The van der Waals surface area contributed by atoms with Crippen molar-refractivity contribution in [1.82, 2.24) is 9.97 Å². The van der Waals surface area contributed by atoms with Crippen LogP contribution in [-0.4, -0.2) is 34.1 Å². The van der Waals surface area contributed by atoms with Gasteiger partial charge in [0.25, 0.3) is 0 Å². The van der Waals surface area contributed by atoms with Gasteiger partial charge in [0.05, 0.1) is 17.1 Å². The van der Waals surface area contributed by atoms with Gasteiger partial charge in [-0.2, -0.15) is 0 Å². The lowest BCUT2D eigenvalue weighted by Crippen LogP contribution is -2.36. The number of aryl methyl sites for hydroxylation is 1. The molecule has 5 nitrogen and oxygen atoms in total. The van der Waals surface area contributed by atoms with Gasteiger partial charge in [0.15, 0.2) is 5.82 Å². The van der Waals surface area contributed by atoms with Crippen molar-refractivity contribution >= 4 is 11.8 Å². The molecular weight excluding hydrogens is 410 g/mol. The number of carboxylic acids is 1. The zero-order valence-corrected chi connectivity index (χ0v) is 19.6. The first kappa shape index (κ1) is 23.0. The summed E-state index contributed by atoms with van der Waals surface area (Å²) < 4.78 is 0. The zero-order valence-electron chi connectivity index (χ0n) is 19.6. The van der Waals surface area contributed by atoms with E-state index in [1.165, 1.54) is 5.56 Å². The van der Waals surface area contributed by atoms with Crippen molar-refractivity contribution in [3.63, 3.8) is 0 Å². The highest BCUT2D eigenvalue weighted by molar-refractivity contribution is 5.79. The fourth-order valence-electron chi connectivity index (χ4n) is 4.55. The number of aliphatic carboxylic acids is 1. The van der Waals surface area contributed by atoms with E-state index >= 15 is 0 Å². The van der Waals surface area contributed by atoms with E-state index in [9.17, 15) is 4.79 Å². The Labute approximate surface area is 196 Å². The van der Waals surface area contributed by atoms with Crippen molar-refractivity contribution in [3.05, 3.63) is 65.9 Å². The molecule has 4 rings (SSSR count). The summed E-state index contributed by atoms with van der Waals surface area (Å²) in [5.41, 5.74) is 6.36. The van der Waals surface area contributed by atoms with Crippen molar-refractivity contribution < 1.29 is 9.90 Å². The number of unbranched alkanes of at least 4 members (excludes halogenated alkanes) is 3. The smallest absolute Gasteiger partial charge is 0.303 e. The predicted molar refractivity (Wildman–Crippen MR) is 133 cm³/mol. The van der Waals surface area contributed by atoms with E-state index in [0.29, 0.717) is 5.92 Å². The fraction of sp³-hybridized carbons (Fsp3) is 0.393. The molecule has 3 aromatic rings. The number of fused-ring (bicyclic) bond motifs is 1. The van der Waals surface area contributed by atoms with Gasteiger partial charge in [0, 0.05) is 30.6 Å². The molecule has 0 radical (unpaired) electrons. The Kier molecular flexibility index (Phi) is 7.38. The standard InChI is InChI=1S/C28H33N3O2/c1-20-13-15-23(16-14-20)27-26(22-10-6-5-7-11-22)29-24-18-21(2)19-31(28(24)30-27)17-9-4-3-8-12-25(32)33/h5-7,10-11,13-16,21H,3-4,8-9,12,17-19H2,1-2H3,(H,32,33). The van der Waals surface area contributed by atoms with E-state index < -0.39 is 5.97 Å². The van der Waals surface area contributed by atoms with E-state index in [4.69, 9.17) is 15.1 Å². The first-order valence-corrected chi connectivity index (χ1v) is 12.0. The summed E-state index contributed by atoms with van der Waals surface area (Å²) in [5, 5.41) is 8.83. The molecule has 0 amide bonds. The number of hydrogen-bond acceptors (Lipinski definition) is 4. The summed E-state index contributed by atoms with van der Waals surface area (Å²) in [4.78, 5) is 23.5. The minimum absolute atomic E-state index is 0.261. The van der Waals surface area contributed by atoms with Gasteiger partial charge in [0.1, 0.15) is 0 Å². The second-order valence-electron chi connectivity index (χ2n) is 9.24. The number of carbonyl (C=O) groups is 1. The molecule has 1 N–H and O–H groups in total. The largest absolute Gasteiger partial charge is 0.481 e. The van der Waals surface area contributed by atoms with E-state index in [1.807, 2.05) is 6.07 Å². The molecule has 172 valence electrons. The second-order valence-corrected chi connectivity index (χ2v) is 9.24. The Balaban J connectivity index is 1.64. The molecule has 1 aromatic heterocycles. The zero-order chi connectivity index (χ0) is 23.2. The van der Waals surface area contributed by atoms with Crippen molar-refractivity contribution in [1.29, 1.82) is 0 Å². The lowest BCUT2D eigenvalue weighted by atomic mass is 9.97. The van der Waals surface area contributed by atoms with Crippen LogP contribution in [0.1, 0.15) is 50.3 Å². The summed E-state index contributed by atoms with van der Waals surface area (Å²) >= 11 is 0. The van der Waals surface area contributed by atoms with Gasteiger partial charge in [-0.3, -0.25) is 4.79 Å². The second kappa shape index (κ2) is 10.6. The van der Waals surface area contributed by atoms with Gasteiger partial charge >= 0.3 is 5.97 Å². The molecule has 0 bridgehead atoms. The summed E-state index contributed by atoms with van der Waals surface area (Å²) in [7, 11) is 0. The Morgan fingerprint density at radius 2 is 1.61 bits per heavy atom. The van der Waals surface area contributed by atoms with Crippen LogP contribution in [0.3, 0.4) is 0 Å². The molecular formula is C28H33N3O2. The summed E-state index contributed by atoms with van der Waals surface area (Å²) in [6, 6.07) is 18.9. The van der Waals surface area contributed by atoms with Crippen LogP contribution in [0.4, 0.5) is 5.82 Å². The topological polar surface area (TPSA) is 66.3 Å². The number of carboxylic acid groups (broad SMARTS) is 1. The third-order valence-electron chi connectivity index (χ3n) is 6.26. The lowest BCUT2D eigenvalue weighted by molar-refractivity contribution is -0.137. The summed E-state index contributed by atoms with van der Waals surface area (Å²) in [6.07, 6.45) is 4.97.